The fourth-order valence-corrected chi connectivity index (χ4v) is 4.04. The number of anilines is 1. The first-order chi connectivity index (χ1) is 13.8. The zero-order chi connectivity index (χ0) is 19.2. The number of rotatable bonds is 6. The third kappa shape index (κ3) is 4.69. The molecule has 148 valence electrons. The fraction of sp³-hybridized carbons (Fsp3) is 0.455. The maximum absolute atomic E-state index is 12.6. The van der Waals surface area contributed by atoms with E-state index in [2.05, 4.69) is 49.7 Å². The molecule has 1 aromatic heterocycles. The largest absolute Gasteiger partial charge is 0.353 e. The minimum Gasteiger partial charge on any atom is -0.353 e. The first-order valence-corrected chi connectivity index (χ1v) is 10.3. The van der Waals surface area contributed by atoms with Crippen LogP contribution in [0, 0.1) is 0 Å². The lowest BCUT2D eigenvalue weighted by atomic mass is 10.0. The van der Waals surface area contributed by atoms with Crippen molar-refractivity contribution in [3.8, 4) is 0 Å². The second-order valence-electron chi connectivity index (χ2n) is 7.57. The van der Waals surface area contributed by atoms with Crippen LogP contribution in [0.25, 0.3) is 0 Å². The molecule has 2 saturated heterocycles. The van der Waals surface area contributed by atoms with Gasteiger partial charge in [-0.05, 0) is 43.6 Å². The van der Waals surface area contributed by atoms with Gasteiger partial charge in [0.2, 0.25) is 0 Å². The number of nitrogens with one attached hydrogen (secondary N) is 2. The van der Waals surface area contributed by atoms with E-state index in [9.17, 15) is 4.79 Å². The van der Waals surface area contributed by atoms with Crippen LogP contribution < -0.4 is 15.5 Å². The van der Waals surface area contributed by atoms with E-state index < -0.39 is 0 Å². The van der Waals surface area contributed by atoms with E-state index in [1.54, 1.807) is 12.3 Å². The zero-order valence-corrected chi connectivity index (χ0v) is 16.3. The number of aromatic nitrogens is 1. The van der Waals surface area contributed by atoms with Crippen LogP contribution in [0.4, 0.5) is 5.82 Å². The average molecular weight is 380 g/mol. The van der Waals surface area contributed by atoms with Crippen molar-refractivity contribution in [3.05, 3.63) is 59.8 Å². The van der Waals surface area contributed by atoms with Gasteiger partial charge in [0.15, 0.2) is 0 Å². The molecule has 0 saturated carbocycles. The Bertz CT molecular complexity index is 776. The molecule has 4 rings (SSSR count). The molecule has 2 aliphatic heterocycles. The van der Waals surface area contributed by atoms with Crippen LogP contribution in [0.5, 0.6) is 0 Å². The molecular formula is C22H29N5O. The monoisotopic (exact) mass is 379 g/mol. The molecule has 0 radical (unpaired) electrons. The fourth-order valence-electron chi connectivity index (χ4n) is 4.04. The molecule has 2 fully saturated rings. The summed E-state index contributed by atoms with van der Waals surface area (Å²) >= 11 is 0. The van der Waals surface area contributed by atoms with Gasteiger partial charge in [-0.15, -0.1) is 0 Å². The molecular weight excluding hydrogens is 350 g/mol. The van der Waals surface area contributed by atoms with E-state index in [1.807, 2.05) is 12.1 Å². The Kier molecular flexibility index (Phi) is 6.19. The molecule has 6 heteroatoms. The maximum Gasteiger partial charge on any atom is 0.251 e. The predicted molar refractivity (Wildman–Crippen MR) is 112 cm³/mol. The summed E-state index contributed by atoms with van der Waals surface area (Å²) in [6.45, 7) is 6.56. The smallest absolute Gasteiger partial charge is 0.251 e. The highest BCUT2D eigenvalue weighted by atomic mass is 16.1. The summed E-state index contributed by atoms with van der Waals surface area (Å²) in [7, 11) is 0. The number of benzene rings is 1. The molecule has 0 aliphatic carbocycles. The van der Waals surface area contributed by atoms with Crippen molar-refractivity contribution >= 4 is 11.7 Å². The van der Waals surface area contributed by atoms with Gasteiger partial charge < -0.3 is 20.4 Å². The third-order valence-corrected chi connectivity index (χ3v) is 5.62. The van der Waals surface area contributed by atoms with Gasteiger partial charge in [-0.2, -0.15) is 0 Å². The highest BCUT2D eigenvalue weighted by Crippen LogP contribution is 2.21. The highest BCUT2D eigenvalue weighted by Gasteiger charge is 2.22. The number of piperazine rings is 1. The van der Waals surface area contributed by atoms with Gasteiger partial charge in [0.05, 0.1) is 0 Å². The molecule has 1 amide bonds. The molecule has 0 bridgehead atoms. The van der Waals surface area contributed by atoms with Crippen molar-refractivity contribution in [2.75, 3.05) is 50.7 Å². The first kappa shape index (κ1) is 18.9. The molecule has 2 N–H and O–H groups in total. The predicted octanol–water partition coefficient (Wildman–Crippen LogP) is 2.06. The van der Waals surface area contributed by atoms with E-state index >= 15 is 0 Å². The summed E-state index contributed by atoms with van der Waals surface area (Å²) in [6.07, 6.45) is 4.29. The number of hydrogen-bond acceptors (Lipinski definition) is 5. The van der Waals surface area contributed by atoms with Crippen LogP contribution in [0.15, 0.2) is 48.7 Å². The van der Waals surface area contributed by atoms with E-state index in [1.165, 1.54) is 18.4 Å². The van der Waals surface area contributed by atoms with Crippen LogP contribution in [0.2, 0.25) is 0 Å². The molecule has 3 heterocycles. The Morgan fingerprint density at radius 2 is 1.96 bits per heavy atom. The van der Waals surface area contributed by atoms with E-state index in [4.69, 9.17) is 0 Å². The Morgan fingerprint density at radius 1 is 1.14 bits per heavy atom. The van der Waals surface area contributed by atoms with Crippen molar-refractivity contribution in [1.29, 1.82) is 0 Å². The van der Waals surface area contributed by atoms with Crippen molar-refractivity contribution in [2.45, 2.75) is 18.9 Å². The van der Waals surface area contributed by atoms with E-state index in [-0.39, 0.29) is 11.9 Å². The quantitative estimate of drug-likeness (QED) is 0.805. The van der Waals surface area contributed by atoms with E-state index in [0.29, 0.717) is 12.1 Å². The molecule has 1 atom stereocenters. The molecule has 0 spiro atoms. The molecule has 2 aromatic rings. The summed E-state index contributed by atoms with van der Waals surface area (Å²) in [5.41, 5.74) is 1.96. The summed E-state index contributed by atoms with van der Waals surface area (Å²) in [4.78, 5) is 21.7. The Labute approximate surface area is 166 Å². The summed E-state index contributed by atoms with van der Waals surface area (Å²) < 4.78 is 0. The maximum atomic E-state index is 12.6. The number of amides is 1. The molecule has 0 unspecified atom stereocenters. The SMILES string of the molecule is O=C(NCCN1CCCC1)c1ccnc(N2CCN[C@@H](c3ccccc3)C2)c1. The molecule has 2 aliphatic rings. The second kappa shape index (κ2) is 9.17. The number of carbonyl (C=O) groups is 1. The number of pyridine rings is 1. The molecule has 6 nitrogen and oxygen atoms in total. The Balaban J connectivity index is 1.36. The average Bonchev–Trinajstić information content (AvgIpc) is 3.28. The van der Waals surface area contributed by atoms with Crippen LogP contribution in [-0.4, -0.2) is 61.6 Å². The molecule has 28 heavy (non-hydrogen) atoms. The van der Waals surface area contributed by atoms with E-state index in [0.717, 1.165) is 45.1 Å². The van der Waals surface area contributed by atoms with Gasteiger partial charge in [-0.3, -0.25) is 4.79 Å². The standard InChI is InChI=1S/C22H29N5O/c28-22(25-10-14-26-12-4-5-13-26)19-8-9-24-21(16-19)27-15-11-23-20(17-27)18-6-2-1-3-7-18/h1-3,6-9,16,20,23H,4-5,10-15,17H2,(H,25,28)/t20-/m1/s1. The second-order valence-corrected chi connectivity index (χ2v) is 7.57. The van der Waals surface area contributed by atoms with Gasteiger partial charge in [0.25, 0.3) is 5.91 Å². The van der Waals surface area contributed by atoms with Gasteiger partial charge in [-0.1, -0.05) is 30.3 Å². The number of likely N-dealkylation sites (tertiary alicyclic amines) is 1. The number of nitrogens with zero attached hydrogens (tertiary/aromatic N) is 3. The van der Waals surface area contributed by atoms with Crippen molar-refractivity contribution in [1.82, 2.24) is 20.5 Å². The van der Waals surface area contributed by atoms with Crippen LogP contribution in [0.1, 0.15) is 34.8 Å². The number of carbonyl (C=O) groups excluding carboxylic acids is 1. The lowest BCUT2D eigenvalue weighted by molar-refractivity contribution is 0.0949. The highest BCUT2D eigenvalue weighted by molar-refractivity contribution is 5.94. The Hall–Kier alpha value is -2.44. The topological polar surface area (TPSA) is 60.5 Å². The van der Waals surface area contributed by atoms with Crippen molar-refractivity contribution in [2.24, 2.45) is 0 Å². The minimum atomic E-state index is -0.0161. The summed E-state index contributed by atoms with van der Waals surface area (Å²) in [5.74, 6) is 0.854. The van der Waals surface area contributed by atoms with Gasteiger partial charge in [0.1, 0.15) is 5.82 Å². The third-order valence-electron chi connectivity index (χ3n) is 5.62. The van der Waals surface area contributed by atoms with Crippen molar-refractivity contribution < 1.29 is 4.79 Å². The zero-order valence-electron chi connectivity index (χ0n) is 16.3. The van der Waals surface area contributed by atoms with Gasteiger partial charge in [-0.25, -0.2) is 4.98 Å². The first-order valence-electron chi connectivity index (χ1n) is 10.3. The lowest BCUT2D eigenvalue weighted by Crippen LogP contribution is -2.46. The summed E-state index contributed by atoms with van der Waals surface area (Å²) in [5, 5.41) is 6.63. The Morgan fingerprint density at radius 3 is 2.79 bits per heavy atom. The number of hydrogen-bond donors (Lipinski definition) is 2. The van der Waals surface area contributed by atoms with Gasteiger partial charge in [0, 0.05) is 50.5 Å². The van der Waals surface area contributed by atoms with Gasteiger partial charge >= 0.3 is 0 Å². The van der Waals surface area contributed by atoms with Crippen LogP contribution >= 0.6 is 0 Å². The summed E-state index contributed by atoms with van der Waals surface area (Å²) in [6, 6.07) is 14.5. The normalized spacial score (nSPS) is 20.3. The van der Waals surface area contributed by atoms with Crippen molar-refractivity contribution in [3.63, 3.8) is 0 Å². The van der Waals surface area contributed by atoms with Crippen LogP contribution in [0.3, 0.4) is 0 Å². The van der Waals surface area contributed by atoms with Crippen LogP contribution in [-0.2, 0) is 0 Å². The minimum absolute atomic E-state index is 0.0161. The molecule has 1 aromatic carbocycles. The lowest BCUT2D eigenvalue weighted by Gasteiger charge is -2.34.